The topological polar surface area (TPSA) is 76.4 Å². The van der Waals surface area contributed by atoms with Crippen molar-refractivity contribution in [3.8, 4) is 11.3 Å². The highest BCUT2D eigenvalue weighted by Crippen LogP contribution is 2.30. The first kappa shape index (κ1) is 22.5. The van der Waals surface area contributed by atoms with Crippen molar-refractivity contribution in [3.63, 3.8) is 0 Å². The Balaban J connectivity index is 1.45. The predicted octanol–water partition coefficient (Wildman–Crippen LogP) is 5.96. The molecule has 0 aliphatic carbocycles. The Bertz CT molecular complexity index is 1560. The SMILES string of the molecule is O=C(Nc1cccc(-c2ccnc3c(C(=O)c4cccs4)cnn23)c1)c1cccc(C(F)(F)F)c1. The average Bonchev–Trinajstić information content (AvgIpc) is 3.54. The molecule has 0 aliphatic heterocycles. The summed E-state index contributed by atoms with van der Waals surface area (Å²) in [6.45, 7) is 0. The molecule has 0 fully saturated rings. The molecule has 0 aliphatic rings. The summed E-state index contributed by atoms with van der Waals surface area (Å²) in [7, 11) is 0. The monoisotopic (exact) mass is 492 g/mol. The second kappa shape index (κ2) is 8.80. The van der Waals surface area contributed by atoms with Gasteiger partial charge in [0.25, 0.3) is 5.91 Å². The lowest BCUT2D eigenvalue weighted by Gasteiger charge is -2.11. The zero-order chi connectivity index (χ0) is 24.6. The lowest BCUT2D eigenvalue weighted by molar-refractivity contribution is -0.137. The Morgan fingerprint density at radius 3 is 2.57 bits per heavy atom. The number of halogens is 3. The van der Waals surface area contributed by atoms with E-state index >= 15 is 0 Å². The number of anilines is 1. The number of benzene rings is 2. The van der Waals surface area contributed by atoms with E-state index in [4.69, 9.17) is 0 Å². The molecule has 1 amide bonds. The van der Waals surface area contributed by atoms with Gasteiger partial charge >= 0.3 is 6.18 Å². The number of aromatic nitrogens is 3. The van der Waals surface area contributed by atoms with E-state index in [-0.39, 0.29) is 11.3 Å². The number of carbonyl (C=O) groups is 2. The molecule has 2 aromatic carbocycles. The van der Waals surface area contributed by atoms with E-state index in [0.717, 1.165) is 12.1 Å². The van der Waals surface area contributed by atoms with E-state index in [2.05, 4.69) is 15.4 Å². The van der Waals surface area contributed by atoms with Crippen LogP contribution in [0.5, 0.6) is 0 Å². The number of ketones is 1. The highest BCUT2D eigenvalue weighted by molar-refractivity contribution is 7.12. The number of nitrogens with one attached hydrogen (secondary N) is 1. The van der Waals surface area contributed by atoms with Gasteiger partial charge in [0.15, 0.2) is 5.65 Å². The Morgan fingerprint density at radius 2 is 1.80 bits per heavy atom. The summed E-state index contributed by atoms with van der Waals surface area (Å²) in [5, 5.41) is 8.79. The van der Waals surface area contributed by atoms with Crippen molar-refractivity contribution in [1.82, 2.24) is 14.6 Å². The smallest absolute Gasteiger partial charge is 0.322 e. The second-order valence-electron chi connectivity index (χ2n) is 7.54. The molecular weight excluding hydrogens is 477 g/mol. The fourth-order valence-corrected chi connectivity index (χ4v) is 4.28. The van der Waals surface area contributed by atoms with Crippen molar-refractivity contribution in [1.29, 1.82) is 0 Å². The largest absolute Gasteiger partial charge is 0.416 e. The number of rotatable bonds is 5. The molecule has 10 heteroatoms. The van der Waals surface area contributed by atoms with E-state index in [1.54, 1.807) is 48.7 Å². The standard InChI is InChI=1S/C25H15F3N4O2S/c26-25(27,28)17-6-1-5-16(12-17)24(34)31-18-7-2-4-15(13-18)20-9-10-29-23-19(14-30-32(20)23)22(33)21-8-3-11-35-21/h1-14H,(H,31,34). The van der Waals surface area contributed by atoms with Crippen LogP contribution < -0.4 is 5.32 Å². The second-order valence-corrected chi connectivity index (χ2v) is 8.49. The van der Waals surface area contributed by atoms with Gasteiger partial charge in [0.05, 0.1) is 27.9 Å². The summed E-state index contributed by atoms with van der Waals surface area (Å²) in [6.07, 6.45) is -1.52. The van der Waals surface area contributed by atoms with Crippen molar-refractivity contribution < 1.29 is 22.8 Å². The Kier molecular flexibility index (Phi) is 5.65. The van der Waals surface area contributed by atoms with E-state index in [1.165, 1.54) is 34.2 Å². The minimum Gasteiger partial charge on any atom is -0.322 e. The summed E-state index contributed by atoms with van der Waals surface area (Å²) < 4.78 is 40.5. The molecule has 6 nitrogen and oxygen atoms in total. The fourth-order valence-electron chi connectivity index (χ4n) is 3.61. The molecule has 174 valence electrons. The van der Waals surface area contributed by atoms with Crippen LogP contribution in [0.2, 0.25) is 0 Å². The molecule has 0 saturated carbocycles. The van der Waals surface area contributed by atoms with Crippen molar-refractivity contribution in [2.24, 2.45) is 0 Å². The lowest BCUT2D eigenvalue weighted by Crippen LogP contribution is -2.14. The molecule has 3 heterocycles. The van der Waals surface area contributed by atoms with Gasteiger partial charge in [-0.2, -0.15) is 18.3 Å². The van der Waals surface area contributed by atoms with Crippen LogP contribution in [0.4, 0.5) is 18.9 Å². The maximum Gasteiger partial charge on any atom is 0.416 e. The van der Waals surface area contributed by atoms with Gasteiger partial charge in [-0.1, -0.05) is 24.3 Å². The third-order valence-corrected chi connectivity index (χ3v) is 6.13. The third kappa shape index (κ3) is 4.43. The number of fused-ring (bicyclic) bond motifs is 1. The number of carbonyl (C=O) groups excluding carboxylic acids is 2. The summed E-state index contributed by atoms with van der Waals surface area (Å²) in [5.41, 5.74) is 1.41. The Hall–Kier alpha value is -4.31. The van der Waals surface area contributed by atoms with Crippen LogP contribution in [-0.2, 0) is 6.18 Å². The molecule has 0 spiro atoms. The molecule has 1 N–H and O–H groups in total. The van der Waals surface area contributed by atoms with Crippen LogP contribution in [0.1, 0.15) is 31.2 Å². The number of nitrogens with zero attached hydrogens (tertiary/aromatic N) is 3. The van der Waals surface area contributed by atoms with Gasteiger partial charge < -0.3 is 5.32 Å². The van der Waals surface area contributed by atoms with Crippen LogP contribution in [-0.4, -0.2) is 26.3 Å². The van der Waals surface area contributed by atoms with Crippen LogP contribution in [0.15, 0.2) is 84.5 Å². The number of amides is 1. The summed E-state index contributed by atoms with van der Waals surface area (Å²) in [5.74, 6) is -0.849. The van der Waals surface area contributed by atoms with E-state index in [0.29, 0.717) is 33.0 Å². The fraction of sp³-hybridized carbons (Fsp3) is 0.0400. The van der Waals surface area contributed by atoms with Gasteiger partial charge in [0.1, 0.15) is 0 Å². The first-order valence-corrected chi connectivity index (χ1v) is 11.2. The zero-order valence-electron chi connectivity index (χ0n) is 17.8. The van der Waals surface area contributed by atoms with E-state index < -0.39 is 17.6 Å². The number of hydrogen-bond acceptors (Lipinski definition) is 5. The summed E-state index contributed by atoms with van der Waals surface area (Å²) >= 11 is 1.33. The lowest BCUT2D eigenvalue weighted by atomic mass is 10.1. The van der Waals surface area contributed by atoms with Gasteiger partial charge in [-0.05, 0) is 47.8 Å². The van der Waals surface area contributed by atoms with Gasteiger partial charge in [0.2, 0.25) is 5.78 Å². The van der Waals surface area contributed by atoms with Crippen LogP contribution in [0.3, 0.4) is 0 Å². The van der Waals surface area contributed by atoms with Crippen molar-refractivity contribution in [3.05, 3.63) is 106 Å². The number of hydrogen-bond donors (Lipinski definition) is 1. The van der Waals surface area contributed by atoms with E-state index in [9.17, 15) is 22.8 Å². The summed E-state index contributed by atoms with van der Waals surface area (Å²) in [6, 6.07) is 16.2. The summed E-state index contributed by atoms with van der Waals surface area (Å²) in [4.78, 5) is 30.3. The first-order valence-electron chi connectivity index (χ1n) is 10.3. The van der Waals surface area contributed by atoms with E-state index in [1.807, 2.05) is 5.38 Å². The third-order valence-electron chi connectivity index (χ3n) is 5.26. The molecule has 0 atom stereocenters. The van der Waals surface area contributed by atoms with Crippen molar-refractivity contribution in [2.45, 2.75) is 6.18 Å². The molecule has 0 saturated heterocycles. The van der Waals surface area contributed by atoms with Gasteiger partial charge in [-0.15, -0.1) is 11.3 Å². The minimum atomic E-state index is -4.55. The van der Waals surface area contributed by atoms with Crippen LogP contribution in [0, 0.1) is 0 Å². The first-order chi connectivity index (χ1) is 16.8. The number of thiophene rings is 1. The minimum absolute atomic E-state index is 0.111. The highest BCUT2D eigenvalue weighted by Gasteiger charge is 2.31. The maximum atomic E-state index is 13.0. The Morgan fingerprint density at radius 1 is 0.971 bits per heavy atom. The molecule has 0 radical (unpaired) electrons. The molecule has 5 aromatic rings. The highest BCUT2D eigenvalue weighted by atomic mass is 32.1. The normalized spacial score (nSPS) is 11.5. The average molecular weight is 492 g/mol. The molecule has 0 bridgehead atoms. The zero-order valence-corrected chi connectivity index (χ0v) is 18.6. The molecule has 5 rings (SSSR count). The predicted molar refractivity (Wildman–Crippen MR) is 126 cm³/mol. The van der Waals surface area contributed by atoms with Gasteiger partial charge in [-0.25, -0.2) is 9.50 Å². The maximum absolute atomic E-state index is 13.0. The Labute approximate surface area is 200 Å². The quantitative estimate of drug-likeness (QED) is 0.307. The van der Waals surface area contributed by atoms with Crippen LogP contribution >= 0.6 is 11.3 Å². The van der Waals surface area contributed by atoms with Gasteiger partial charge in [0, 0.05) is 23.0 Å². The molecule has 0 unspecified atom stereocenters. The molecular formula is C25H15F3N4O2S. The van der Waals surface area contributed by atoms with Crippen LogP contribution in [0.25, 0.3) is 16.9 Å². The number of alkyl halides is 3. The van der Waals surface area contributed by atoms with Crippen molar-refractivity contribution >= 4 is 34.4 Å². The van der Waals surface area contributed by atoms with Gasteiger partial charge in [-0.3, -0.25) is 9.59 Å². The molecule has 35 heavy (non-hydrogen) atoms. The molecule has 3 aromatic heterocycles. The van der Waals surface area contributed by atoms with Crippen molar-refractivity contribution in [2.75, 3.05) is 5.32 Å².